The summed E-state index contributed by atoms with van der Waals surface area (Å²) in [5.74, 6) is 1.07. The molecule has 0 amide bonds. The number of likely N-dealkylation sites (tertiary alicyclic amines) is 1. The normalized spacial score (nSPS) is 26.5. The number of rotatable bonds is 4. The van der Waals surface area contributed by atoms with E-state index < -0.39 is 0 Å². The van der Waals surface area contributed by atoms with Crippen molar-refractivity contribution in [3.63, 3.8) is 0 Å². The van der Waals surface area contributed by atoms with Crippen LogP contribution in [0, 0.1) is 5.92 Å². The van der Waals surface area contributed by atoms with Gasteiger partial charge in [-0.25, -0.2) is 0 Å². The van der Waals surface area contributed by atoms with Gasteiger partial charge < -0.3 is 10.2 Å². The lowest BCUT2D eigenvalue weighted by Crippen LogP contribution is -2.43. The van der Waals surface area contributed by atoms with Crippen LogP contribution in [0.15, 0.2) is 0 Å². The standard InChI is InChI=1S/C11H22N2/c1-2-12-11-5-7-13(8-6-11)9-10-3-4-10/h10-12H,2-9H2,1H3. The molecule has 0 aromatic carbocycles. The monoisotopic (exact) mass is 182 g/mol. The third kappa shape index (κ3) is 2.96. The van der Waals surface area contributed by atoms with E-state index in [1.165, 1.54) is 45.3 Å². The first-order valence-electron chi connectivity index (χ1n) is 5.84. The van der Waals surface area contributed by atoms with Crippen molar-refractivity contribution >= 4 is 0 Å². The Balaban J connectivity index is 1.63. The molecule has 0 aromatic rings. The van der Waals surface area contributed by atoms with E-state index in [0.717, 1.165) is 18.5 Å². The van der Waals surface area contributed by atoms with Crippen molar-refractivity contribution in [1.29, 1.82) is 0 Å². The lowest BCUT2D eigenvalue weighted by Gasteiger charge is -2.32. The van der Waals surface area contributed by atoms with Crippen molar-refractivity contribution < 1.29 is 0 Å². The average Bonchev–Trinajstić information content (AvgIpc) is 2.93. The number of nitrogens with zero attached hydrogens (tertiary/aromatic N) is 1. The number of hydrogen-bond acceptors (Lipinski definition) is 2. The minimum atomic E-state index is 0.806. The molecule has 13 heavy (non-hydrogen) atoms. The third-order valence-corrected chi connectivity index (χ3v) is 3.29. The molecule has 76 valence electrons. The summed E-state index contributed by atoms with van der Waals surface area (Å²) in [7, 11) is 0. The second kappa shape index (κ2) is 4.43. The molecule has 1 aliphatic heterocycles. The maximum absolute atomic E-state index is 3.55. The maximum Gasteiger partial charge on any atom is 0.00912 e. The summed E-state index contributed by atoms with van der Waals surface area (Å²) in [6.45, 7) is 7.38. The molecule has 2 nitrogen and oxygen atoms in total. The minimum absolute atomic E-state index is 0.806. The summed E-state index contributed by atoms with van der Waals surface area (Å²) >= 11 is 0. The zero-order valence-electron chi connectivity index (χ0n) is 8.76. The molecule has 1 saturated carbocycles. The molecule has 0 aromatic heterocycles. The second-order valence-corrected chi connectivity index (χ2v) is 4.58. The van der Waals surface area contributed by atoms with Crippen LogP contribution in [0.5, 0.6) is 0 Å². The molecule has 0 atom stereocenters. The summed E-state index contributed by atoms with van der Waals surface area (Å²) in [6.07, 6.45) is 5.71. The van der Waals surface area contributed by atoms with E-state index in [4.69, 9.17) is 0 Å². The van der Waals surface area contributed by atoms with Gasteiger partial charge in [-0.15, -0.1) is 0 Å². The Hall–Kier alpha value is -0.0800. The molecule has 1 heterocycles. The van der Waals surface area contributed by atoms with E-state index >= 15 is 0 Å². The summed E-state index contributed by atoms with van der Waals surface area (Å²) in [5.41, 5.74) is 0. The molecule has 0 unspecified atom stereocenters. The predicted molar refractivity (Wildman–Crippen MR) is 55.9 cm³/mol. The predicted octanol–water partition coefficient (Wildman–Crippen LogP) is 1.47. The Bertz CT molecular complexity index is 146. The summed E-state index contributed by atoms with van der Waals surface area (Å²) < 4.78 is 0. The number of piperidine rings is 1. The van der Waals surface area contributed by atoms with Gasteiger partial charge in [0.15, 0.2) is 0 Å². The van der Waals surface area contributed by atoms with E-state index in [9.17, 15) is 0 Å². The van der Waals surface area contributed by atoms with Gasteiger partial charge >= 0.3 is 0 Å². The lowest BCUT2D eigenvalue weighted by atomic mass is 10.0. The molecule has 1 N–H and O–H groups in total. The van der Waals surface area contributed by atoms with Crippen molar-refractivity contribution in [1.82, 2.24) is 10.2 Å². The first-order chi connectivity index (χ1) is 6.38. The van der Waals surface area contributed by atoms with Gasteiger partial charge in [0.05, 0.1) is 0 Å². The van der Waals surface area contributed by atoms with Crippen LogP contribution in [0.1, 0.15) is 32.6 Å². The fourth-order valence-electron chi connectivity index (χ4n) is 2.27. The first kappa shape index (κ1) is 9.47. The highest BCUT2D eigenvalue weighted by Gasteiger charge is 2.26. The summed E-state index contributed by atoms with van der Waals surface area (Å²) in [6, 6.07) is 0.806. The van der Waals surface area contributed by atoms with Crippen LogP contribution in [-0.2, 0) is 0 Å². The van der Waals surface area contributed by atoms with Crippen LogP contribution >= 0.6 is 0 Å². The minimum Gasteiger partial charge on any atom is -0.314 e. The lowest BCUT2D eigenvalue weighted by molar-refractivity contribution is 0.192. The van der Waals surface area contributed by atoms with Gasteiger partial charge in [0.2, 0.25) is 0 Å². The number of nitrogens with one attached hydrogen (secondary N) is 1. The molecular weight excluding hydrogens is 160 g/mol. The molecule has 0 spiro atoms. The van der Waals surface area contributed by atoms with Crippen LogP contribution < -0.4 is 5.32 Å². The molecule has 1 aliphatic carbocycles. The highest BCUT2D eigenvalue weighted by molar-refractivity contribution is 4.82. The maximum atomic E-state index is 3.55. The van der Waals surface area contributed by atoms with Crippen LogP contribution in [0.4, 0.5) is 0 Å². The largest absolute Gasteiger partial charge is 0.314 e. The molecule has 2 rings (SSSR count). The molecule has 2 fully saturated rings. The van der Waals surface area contributed by atoms with Gasteiger partial charge in [-0.3, -0.25) is 0 Å². The highest BCUT2D eigenvalue weighted by Crippen LogP contribution is 2.30. The van der Waals surface area contributed by atoms with Crippen molar-refractivity contribution in [2.24, 2.45) is 5.92 Å². The van der Waals surface area contributed by atoms with Crippen molar-refractivity contribution in [3.05, 3.63) is 0 Å². The average molecular weight is 182 g/mol. The van der Waals surface area contributed by atoms with Gasteiger partial charge in [0.25, 0.3) is 0 Å². The van der Waals surface area contributed by atoms with E-state index in [-0.39, 0.29) is 0 Å². The summed E-state index contributed by atoms with van der Waals surface area (Å²) in [4.78, 5) is 2.66. The Labute approximate surface area is 81.7 Å². The third-order valence-electron chi connectivity index (χ3n) is 3.29. The Morgan fingerprint density at radius 2 is 1.85 bits per heavy atom. The van der Waals surface area contributed by atoms with Gasteiger partial charge in [0, 0.05) is 12.6 Å². The van der Waals surface area contributed by atoms with Gasteiger partial charge in [-0.1, -0.05) is 6.92 Å². The number of hydrogen-bond donors (Lipinski definition) is 1. The topological polar surface area (TPSA) is 15.3 Å². The molecule has 2 heteroatoms. The van der Waals surface area contributed by atoms with Crippen molar-refractivity contribution in [3.8, 4) is 0 Å². The molecule has 1 saturated heterocycles. The van der Waals surface area contributed by atoms with Gasteiger partial charge in [-0.05, 0) is 51.2 Å². The molecule has 2 aliphatic rings. The van der Waals surface area contributed by atoms with E-state index in [0.29, 0.717) is 0 Å². The molecule has 0 radical (unpaired) electrons. The van der Waals surface area contributed by atoms with Crippen LogP contribution in [-0.4, -0.2) is 37.1 Å². The second-order valence-electron chi connectivity index (χ2n) is 4.58. The Morgan fingerprint density at radius 1 is 1.15 bits per heavy atom. The van der Waals surface area contributed by atoms with Crippen LogP contribution in [0.25, 0.3) is 0 Å². The quantitative estimate of drug-likeness (QED) is 0.708. The summed E-state index contributed by atoms with van der Waals surface area (Å²) in [5, 5.41) is 3.55. The highest BCUT2D eigenvalue weighted by atomic mass is 15.1. The first-order valence-corrected chi connectivity index (χ1v) is 5.84. The van der Waals surface area contributed by atoms with E-state index in [1.807, 2.05) is 0 Å². The van der Waals surface area contributed by atoms with E-state index in [1.54, 1.807) is 0 Å². The van der Waals surface area contributed by atoms with Gasteiger partial charge in [0.1, 0.15) is 0 Å². The van der Waals surface area contributed by atoms with Gasteiger partial charge in [-0.2, -0.15) is 0 Å². The van der Waals surface area contributed by atoms with Crippen LogP contribution in [0.2, 0.25) is 0 Å². The molecule has 0 bridgehead atoms. The van der Waals surface area contributed by atoms with E-state index in [2.05, 4.69) is 17.1 Å². The Kier molecular flexibility index (Phi) is 3.23. The van der Waals surface area contributed by atoms with Crippen molar-refractivity contribution in [2.75, 3.05) is 26.2 Å². The zero-order chi connectivity index (χ0) is 9.10. The fourth-order valence-corrected chi connectivity index (χ4v) is 2.27. The van der Waals surface area contributed by atoms with Crippen molar-refractivity contribution in [2.45, 2.75) is 38.6 Å². The zero-order valence-corrected chi connectivity index (χ0v) is 8.76. The molecular formula is C11H22N2. The SMILES string of the molecule is CCNC1CCN(CC2CC2)CC1. The smallest absolute Gasteiger partial charge is 0.00912 e. The van der Waals surface area contributed by atoms with Crippen LogP contribution in [0.3, 0.4) is 0 Å². The Morgan fingerprint density at radius 3 is 2.38 bits per heavy atom. The fraction of sp³-hybridized carbons (Fsp3) is 1.00.